The van der Waals surface area contributed by atoms with Crippen molar-refractivity contribution in [3.63, 3.8) is 0 Å². The summed E-state index contributed by atoms with van der Waals surface area (Å²) in [7, 11) is 2.03. The summed E-state index contributed by atoms with van der Waals surface area (Å²) in [6.45, 7) is 5.03. The molecule has 1 heterocycles. The maximum atomic E-state index is 9.57. The summed E-state index contributed by atoms with van der Waals surface area (Å²) >= 11 is 0. The van der Waals surface area contributed by atoms with Crippen LogP contribution >= 0.6 is 0 Å². The SMILES string of the molecule is CCC(CC)(CO)NCc1nc2ccccc2n1C. The first kappa shape index (κ1) is 14.0. The lowest BCUT2D eigenvalue weighted by Gasteiger charge is -2.30. The van der Waals surface area contributed by atoms with Gasteiger partial charge in [-0.1, -0.05) is 26.0 Å². The van der Waals surface area contributed by atoms with Gasteiger partial charge in [0, 0.05) is 12.6 Å². The molecular formula is C15H23N3O. The molecule has 0 amide bonds. The van der Waals surface area contributed by atoms with Crippen LogP contribution in [0.2, 0.25) is 0 Å². The minimum Gasteiger partial charge on any atom is -0.394 e. The van der Waals surface area contributed by atoms with Crippen LogP contribution in [0.4, 0.5) is 0 Å². The molecule has 0 saturated heterocycles. The fraction of sp³-hybridized carbons (Fsp3) is 0.533. The van der Waals surface area contributed by atoms with E-state index in [2.05, 4.69) is 34.8 Å². The van der Waals surface area contributed by atoms with Gasteiger partial charge in [0.05, 0.1) is 24.2 Å². The van der Waals surface area contributed by atoms with Crippen LogP contribution in [0, 0.1) is 0 Å². The van der Waals surface area contributed by atoms with Crippen LogP contribution in [-0.2, 0) is 13.6 Å². The van der Waals surface area contributed by atoms with Crippen molar-refractivity contribution >= 4 is 11.0 Å². The van der Waals surface area contributed by atoms with Crippen LogP contribution in [0.25, 0.3) is 11.0 Å². The van der Waals surface area contributed by atoms with Crippen molar-refractivity contribution in [2.24, 2.45) is 7.05 Å². The number of imidazole rings is 1. The highest BCUT2D eigenvalue weighted by molar-refractivity contribution is 5.75. The first-order chi connectivity index (χ1) is 9.15. The minimum atomic E-state index is -0.196. The maximum Gasteiger partial charge on any atom is 0.123 e. The number of hydrogen-bond donors (Lipinski definition) is 2. The molecule has 1 aromatic carbocycles. The molecule has 0 bridgehead atoms. The summed E-state index contributed by atoms with van der Waals surface area (Å²) < 4.78 is 2.11. The molecule has 2 rings (SSSR count). The third-order valence-corrected chi connectivity index (χ3v) is 4.16. The number of aliphatic hydroxyl groups excluding tert-OH is 1. The highest BCUT2D eigenvalue weighted by Gasteiger charge is 2.24. The first-order valence-corrected chi connectivity index (χ1v) is 6.92. The highest BCUT2D eigenvalue weighted by Crippen LogP contribution is 2.17. The molecule has 4 nitrogen and oxygen atoms in total. The lowest BCUT2D eigenvalue weighted by atomic mass is 9.94. The zero-order valence-electron chi connectivity index (χ0n) is 12.0. The van der Waals surface area contributed by atoms with E-state index >= 15 is 0 Å². The number of hydrogen-bond acceptors (Lipinski definition) is 3. The van der Waals surface area contributed by atoms with Gasteiger partial charge in [0.1, 0.15) is 5.82 Å². The third kappa shape index (κ3) is 2.65. The van der Waals surface area contributed by atoms with Crippen LogP contribution in [0.5, 0.6) is 0 Å². The standard InChI is InChI=1S/C15H23N3O/c1-4-15(5-2,11-19)16-10-14-17-12-8-6-7-9-13(12)18(14)3/h6-9,16,19H,4-5,10-11H2,1-3H3. The van der Waals surface area contributed by atoms with Gasteiger partial charge in [0.2, 0.25) is 0 Å². The molecule has 104 valence electrons. The lowest BCUT2D eigenvalue weighted by molar-refractivity contribution is 0.148. The Morgan fingerprint density at radius 2 is 1.95 bits per heavy atom. The minimum absolute atomic E-state index is 0.157. The number of benzene rings is 1. The Morgan fingerprint density at radius 3 is 2.53 bits per heavy atom. The summed E-state index contributed by atoms with van der Waals surface area (Å²) in [5.74, 6) is 1.00. The Bertz CT molecular complexity index is 535. The van der Waals surface area contributed by atoms with E-state index in [1.54, 1.807) is 0 Å². The van der Waals surface area contributed by atoms with Crippen molar-refractivity contribution in [1.82, 2.24) is 14.9 Å². The van der Waals surface area contributed by atoms with Gasteiger partial charge in [-0.05, 0) is 25.0 Å². The summed E-state index contributed by atoms with van der Waals surface area (Å²) in [5, 5.41) is 13.0. The molecule has 0 aliphatic carbocycles. The molecule has 0 aliphatic heterocycles. The van der Waals surface area contributed by atoms with Gasteiger partial charge in [-0.15, -0.1) is 0 Å². The monoisotopic (exact) mass is 261 g/mol. The van der Waals surface area contributed by atoms with E-state index < -0.39 is 0 Å². The fourth-order valence-corrected chi connectivity index (χ4v) is 2.40. The van der Waals surface area contributed by atoms with Crippen molar-refractivity contribution in [1.29, 1.82) is 0 Å². The molecule has 0 aliphatic rings. The topological polar surface area (TPSA) is 50.1 Å². The summed E-state index contributed by atoms with van der Waals surface area (Å²) in [4.78, 5) is 4.64. The van der Waals surface area contributed by atoms with Gasteiger partial charge in [-0.3, -0.25) is 0 Å². The number of rotatable bonds is 6. The number of aliphatic hydroxyl groups is 1. The molecule has 0 saturated carbocycles. The largest absolute Gasteiger partial charge is 0.394 e. The van der Waals surface area contributed by atoms with E-state index in [9.17, 15) is 5.11 Å². The number of para-hydroxylation sites is 2. The average molecular weight is 261 g/mol. The normalized spacial score (nSPS) is 12.2. The Kier molecular flexibility index (Phi) is 4.22. The second-order valence-electron chi connectivity index (χ2n) is 5.07. The first-order valence-electron chi connectivity index (χ1n) is 6.92. The van der Waals surface area contributed by atoms with Gasteiger partial charge in [-0.2, -0.15) is 0 Å². The Morgan fingerprint density at radius 1 is 1.26 bits per heavy atom. The number of nitrogens with one attached hydrogen (secondary N) is 1. The van der Waals surface area contributed by atoms with Crippen molar-refractivity contribution in [3.8, 4) is 0 Å². The van der Waals surface area contributed by atoms with Crippen LogP contribution in [0.3, 0.4) is 0 Å². The smallest absolute Gasteiger partial charge is 0.123 e. The molecule has 0 fully saturated rings. The van der Waals surface area contributed by atoms with Gasteiger partial charge >= 0.3 is 0 Å². The van der Waals surface area contributed by atoms with Crippen molar-refractivity contribution in [2.45, 2.75) is 38.8 Å². The molecule has 2 aromatic rings. The highest BCUT2D eigenvalue weighted by atomic mass is 16.3. The van der Waals surface area contributed by atoms with Crippen LogP contribution in [0.15, 0.2) is 24.3 Å². The van der Waals surface area contributed by atoms with E-state index in [1.807, 2.05) is 25.2 Å². The number of aryl methyl sites for hydroxylation is 1. The molecule has 0 atom stereocenters. The number of aromatic nitrogens is 2. The molecule has 0 spiro atoms. The second-order valence-corrected chi connectivity index (χ2v) is 5.07. The summed E-state index contributed by atoms with van der Waals surface area (Å²) in [5.41, 5.74) is 1.96. The quantitative estimate of drug-likeness (QED) is 0.838. The van der Waals surface area contributed by atoms with Crippen molar-refractivity contribution in [3.05, 3.63) is 30.1 Å². The third-order valence-electron chi connectivity index (χ3n) is 4.16. The Labute approximate surface area is 114 Å². The van der Waals surface area contributed by atoms with E-state index in [1.165, 1.54) is 0 Å². The van der Waals surface area contributed by atoms with Crippen molar-refractivity contribution in [2.75, 3.05) is 6.61 Å². The zero-order valence-corrected chi connectivity index (χ0v) is 12.0. The number of fused-ring (bicyclic) bond motifs is 1. The van der Waals surface area contributed by atoms with E-state index in [0.29, 0.717) is 6.54 Å². The van der Waals surface area contributed by atoms with Gasteiger partial charge < -0.3 is 15.0 Å². The lowest BCUT2D eigenvalue weighted by Crippen LogP contribution is -2.47. The second kappa shape index (κ2) is 5.72. The van der Waals surface area contributed by atoms with Gasteiger partial charge in [0.25, 0.3) is 0 Å². The fourth-order valence-electron chi connectivity index (χ4n) is 2.40. The molecule has 4 heteroatoms. The van der Waals surface area contributed by atoms with Crippen LogP contribution in [-0.4, -0.2) is 26.8 Å². The Balaban J connectivity index is 2.20. The van der Waals surface area contributed by atoms with Gasteiger partial charge in [0.15, 0.2) is 0 Å². The molecule has 0 radical (unpaired) electrons. The summed E-state index contributed by atoms with van der Waals surface area (Å²) in [6.07, 6.45) is 1.81. The van der Waals surface area contributed by atoms with E-state index in [4.69, 9.17) is 0 Å². The molecule has 2 N–H and O–H groups in total. The predicted molar refractivity (Wildman–Crippen MR) is 78.0 cm³/mol. The van der Waals surface area contributed by atoms with Crippen LogP contribution < -0.4 is 5.32 Å². The molecule has 0 unspecified atom stereocenters. The van der Waals surface area contributed by atoms with E-state index in [-0.39, 0.29) is 12.1 Å². The molecule has 1 aromatic heterocycles. The number of nitrogens with zero attached hydrogens (tertiary/aromatic N) is 2. The van der Waals surface area contributed by atoms with E-state index in [0.717, 1.165) is 29.7 Å². The van der Waals surface area contributed by atoms with Crippen molar-refractivity contribution < 1.29 is 5.11 Å². The zero-order chi connectivity index (χ0) is 13.9. The average Bonchev–Trinajstić information content (AvgIpc) is 2.78. The van der Waals surface area contributed by atoms with Gasteiger partial charge in [-0.25, -0.2) is 4.98 Å². The molecule has 19 heavy (non-hydrogen) atoms. The maximum absolute atomic E-state index is 9.57. The predicted octanol–water partition coefficient (Wildman–Crippen LogP) is 2.21. The Hall–Kier alpha value is -1.39. The molecular weight excluding hydrogens is 238 g/mol. The summed E-state index contributed by atoms with van der Waals surface area (Å²) in [6, 6.07) is 8.13. The van der Waals surface area contributed by atoms with Crippen LogP contribution in [0.1, 0.15) is 32.5 Å².